The molecule has 1 saturated heterocycles. The maximum absolute atomic E-state index is 12.9. The lowest BCUT2D eigenvalue weighted by Crippen LogP contribution is -2.40. The van der Waals surface area contributed by atoms with Crippen molar-refractivity contribution in [3.05, 3.63) is 51.3 Å². The summed E-state index contributed by atoms with van der Waals surface area (Å²) in [5.41, 5.74) is 1.19. The van der Waals surface area contributed by atoms with Crippen molar-refractivity contribution in [1.29, 1.82) is 0 Å². The van der Waals surface area contributed by atoms with Crippen molar-refractivity contribution in [1.82, 2.24) is 15.1 Å². The van der Waals surface area contributed by atoms with Gasteiger partial charge in [-0.2, -0.15) is 18.3 Å². The zero-order valence-corrected chi connectivity index (χ0v) is 20.1. The zero-order chi connectivity index (χ0) is 25.2. The monoisotopic (exact) mass is 513 g/mol. The molecule has 2 aliphatic rings. The van der Waals surface area contributed by atoms with E-state index in [0.29, 0.717) is 50.9 Å². The van der Waals surface area contributed by atoms with E-state index in [1.54, 1.807) is 4.68 Å². The molecule has 2 aliphatic heterocycles. The second kappa shape index (κ2) is 10.2. The Labute approximate surface area is 205 Å². The molecule has 0 bridgehead atoms. The minimum atomic E-state index is -4.55. The Morgan fingerprint density at radius 3 is 2.71 bits per heavy atom. The summed E-state index contributed by atoms with van der Waals surface area (Å²) in [6, 6.07) is 2.52. The van der Waals surface area contributed by atoms with E-state index >= 15 is 0 Å². The van der Waals surface area contributed by atoms with Crippen LogP contribution in [0.2, 0.25) is 5.02 Å². The molecule has 0 saturated carbocycles. The summed E-state index contributed by atoms with van der Waals surface area (Å²) in [6.45, 7) is 4.42. The van der Waals surface area contributed by atoms with Crippen LogP contribution in [0.3, 0.4) is 0 Å². The summed E-state index contributed by atoms with van der Waals surface area (Å²) in [7, 11) is 0. The Morgan fingerprint density at radius 2 is 2.06 bits per heavy atom. The van der Waals surface area contributed by atoms with E-state index in [-0.39, 0.29) is 28.5 Å². The van der Waals surface area contributed by atoms with E-state index in [1.807, 2.05) is 6.92 Å². The first kappa shape index (κ1) is 25.5. The first-order valence-corrected chi connectivity index (χ1v) is 12.0. The number of esters is 1. The van der Waals surface area contributed by atoms with Crippen LogP contribution >= 0.6 is 11.6 Å². The Hall–Kier alpha value is -2.59. The van der Waals surface area contributed by atoms with Crippen LogP contribution in [0.5, 0.6) is 0 Å². The van der Waals surface area contributed by atoms with Gasteiger partial charge in [0.2, 0.25) is 0 Å². The van der Waals surface area contributed by atoms with Crippen molar-refractivity contribution in [2.45, 2.75) is 51.7 Å². The highest BCUT2D eigenvalue weighted by atomic mass is 35.5. The summed E-state index contributed by atoms with van der Waals surface area (Å²) in [6.07, 6.45) is -1.19. The van der Waals surface area contributed by atoms with E-state index < -0.39 is 17.7 Å². The number of carbonyl (C=O) groups excluding carboxylic acids is 2. The van der Waals surface area contributed by atoms with Gasteiger partial charge in [-0.1, -0.05) is 11.6 Å². The molecule has 0 radical (unpaired) electrons. The summed E-state index contributed by atoms with van der Waals surface area (Å²) >= 11 is 5.88. The Kier molecular flexibility index (Phi) is 7.42. The topological polar surface area (TPSA) is 82.5 Å². The minimum absolute atomic E-state index is 0.0368. The highest BCUT2D eigenvalue weighted by Crippen LogP contribution is 2.38. The number of hydrogen-bond acceptors (Lipinski definition) is 5. The molecule has 0 unspecified atom stereocenters. The predicted molar refractivity (Wildman–Crippen MR) is 121 cm³/mol. The standard InChI is InChI=1S/C24H27ClF3N3O4/c1-2-31-20-17(13-23(14-29-21(20)32)7-10-34-11-8-23)19(30-31)4-3-9-35-22(33)16-6-5-15(12-18(16)25)24(26,27)28/h5-6,12H,2-4,7-11,13-14H2,1H3,(H,29,32). The van der Waals surface area contributed by atoms with Gasteiger partial charge in [0.1, 0.15) is 5.69 Å². The van der Waals surface area contributed by atoms with Gasteiger partial charge in [0, 0.05) is 31.9 Å². The lowest BCUT2D eigenvalue weighted by Gasteiger charge is -2.36. The summed E-state index contributed by atoms with van der Waals surface area (Å²) in [5, 5.41) is 7.40. The molecule has 4 rings (SSSR count). The van der Waals surface area contributed by atoms with Crippen LogP contribution in [0.1, 0.15) is 63.9 Å². The second-order valence-electron chi connectivity index (χ2n) is 8.99. The van der Waals surface area contributed by atoms with Gasteiger partial charge in [0.25, 0.3) is 5.91 Å². The number of rotatable bonds is 6. The number of nitrogens with one attached hydrogen (secondary N) is 1. The van der Waals surface area contributed by atoms with Crippen LogP contribution in [0.25, 0.3) is 0 Å². The van der Waals surface area contributed by atoms with Gasteiger partial charge in [-0.05, 0) is 62.6 Å². The third kappa shape index (κ3) is 5.48. The first-order valence-electron chi connectivity index (χ1n) is 11.6. The van der Waals surface area contributed by atoms with Crippen molar-refractivity contribution in [3.8, 4) is 0 Å². The van der Waals surface area contributed by atoms with Crippen LogP contribution in [0, 0.1) is 5.41 Å². The number of hydrogen-bond donors (Lipinski definition) is 1. The third-order valence-corrected chi connectivity index (χ3v) is 7.00. The van der Waals surface area contributed by atoms with Crippen LogP contribution in [0.4, 0.5) is 13.2 Å². The Bertz CT molecular complexity index is 1110. The van der Waals surface area contributed by atoms with Gasteiger partial charge < -0.3 is 14.8 Å². The molecule has 1 aromatic heterocycles. The molecule has 0 aliphatic carbocycles. The number of benzene rings is 1. The molecular weight excluding hydrogens is 487 g/mol. The number of ether oxygens (including phenoxy) is 2. The number of halogens is 4. The molecule has 1 aromatic carbocycles. The molecule has 3 heterocycles. The van der Waals surface area contributed by atoms with E-state index in [4.69, 9.17) is 21.1 Å². The van der Waals surface area contributed by atoms with Crippen molar-refractivity contribution in [2.75, 3.05) is 26.4 Å². The average molecular weight is 514 g/mol. The summed E-state index contributed by atoms with van der Waals surface area (Å²) in [5.74, 6) is -0.922. The Morgan fingerprint density at radius 1 is 1.31 bits per heavy atom. The molecule has 190 valence electrons. The summed E-state index contributed by atoms with van der Waals surface area (Å²) in [4.78, 5) is 25.2. The normalized spacial score (nSPS) is 17.6. The van der Waals surface area contributed by atoms with Crippen molar-refractivity contribution < 1.29 is 32.2 Å². The van der Waals surface area contributed by atoms with E-state index in [1.165, 1.54) is 0 Å². The number of carbonyl (C=O) groups is 2. The highest BCUT2D eigenvalue weighted by Gasteiger charge is 2.39. The minimum Gasteiger partial charge on any atom is -0.462 e. The molecule has 1 N–H and O–H groups in total. The molecule has 1 spiro atoms. The fourth-order valence-corrected chi connectivity index (χ4v) is 4.96. The number of aromatic nitrogens is 2. The third-order valence-electron chi connectivity index (χ3n) is 6.68. The predicted octanol–water partition coefficient (Wildman–Crippen LogP) is 4.45. The van der Waals surface area contributed by atoms with Crippen molar-refractivity contribution in [2.24, 2.45) is 5.41 Å². The lowest BCUT2D eigenvalue weighted by molar-refractivity contribution is -0.137. The van der Waals surface area contributed by atoms with E-state index in [0.717, 1.165) is 42.7 Å². The molecule has 0 atom stereocenters. The quantitative estimate of drug-likeness (QED) is 0.456. The highest BCUT2D eigenvalue weighted by molar-refractivity contribution is 6.33. The summed E-state index contributed by atoms with van der Waals surface area (Å²) < 4.78 is 50.9. The lowest BCUT2D eigenvalue weighted by atomic mass is 9.75. The number of aryl methyl sites for hydroxylation is 2. The van der Waals surface area contributed by atoms with Crippen LogP contribution < -0.4 is 5.32 Å². The SMILES string of the molecule is CCn1nc(CCCOC(=O)c2ccc(C(F)(F)F)cc2Cl)c2c1C(=O)NCC1(CCOCC1)C2. The maximum Gasteiger partial charge on any atom is 0.416 e. The van der Waals surface area contributed by atoms with Gasteiger partial charge in [-0.3, -0.25) is 9.48 Å². The second-order valence-corrected chi connectivity index (χ2v) is 9.40. The van der Waals surface area contributed by atoms with Crippen LogP contribution in [-0.4, -0.2) is 48.0 Å². The number of amides is 1. The van der Waals surface area contributed by atoms with Crippen LogP contribution in [0.15, 0.2) is 18.2 Å². The van der Waals surface area contributed by atoms with E-state index in [9.17, 15) is 22.8 Å². The maximum atomic E-state index is 12.9. The van der Waals surface area contributed by atoms with Crippen molar-refractivity contribution >= 4 is 23.5 Å². The molecule has 1 amide bonds. The van der Waals surface area contributed by atoms with Gasteiger partial charge >= 0.3 is 12.1 Å². The average Bonchev–Trinajstić information content (AvgIpc) is 3.10. The number of alkyl halides is 3. The van der Waals surface area contributed by atoms with Gasteiger partial charge in [-0.25, -0.2) is 4.79 Å². The number of nitrogens with zero attached hydrogens (tertiary/aromatic N) is 2. The van der Waals surface area contributed by atoms with Crippen LogP contribution in [-0.2, 0) is 35.0 Å². The largest absolute Gasteiger partial charge is 0.462 e. The first-order chi connectivity index (χ1) is 16.6. The van der Waals surface area contributed by atoms with Crippen molar-refractivity contribution in [3.63, 3.8) is 0 Å². The zero-order valence-electron chi connectivity index (χ0n) is 19.3. The molecule has 11 heteroatoms. The fourth-order valence-electron chi connectivity index (χ4n) is 4.70. The van der Waals surface area contributed by atoms with Gasteiger partial charge in [0.05, 0.1) is 28.5 Å². The molecule has 2 aromatic rings. The molecular formula is C24H27ClF3N3O4. The smallest absolute Gasteiger partial charge is 0.416 e. The Balaban J connectivity index is 1.43. The molecule has 7 nitrogen and oxygen atoms in total. The molecule has 35 heavy (non-hydrogen) atoms. The van der Waals surface area contributed by atoms with Gasteiger partial charge in [-0.15, -0.1) is 0 Å². The molecule has 1 fully saturated rings. The fraction of sp³-hybridized carbons (Fsp3) is 0.542. The number of fused-ring (bicyclic) bond motifs is 1. The van der Waals surface area contributed by atoms with E-state index in [2.05, 4.69) is 10.4 Å². The van der Waals surface area contributed by atoms with Gasteiger partial charge in [0.15, 0.2) is 0 Å².